The minimum Gasteiger partial charge on any atom is -0.397 e. The van der Waals surface area contributed by atoms with Gasteiger partial charge in [-0.15, -0.1) is 0 Å². The molecular formula is C14H21BrN2O. The first kappa shape index (κ1) is 13.7. The number of anilines is 2. The second-order valence-electron chi connectivity index (χ2n) is 5.51. The van der Waals surface area contributed by atoms with E-state index in [1.807, 2.05) is 18.2 Å². The van der Waals surface area contributed by atoms with Crippen LogP contribution < -0.4 is 11.1 Å². The molecule has 1 aliphatic carbocycles. The third-order valence-corrected chi connectivity index (χ3v) is 4.18. The lowest BCUT2D eigenvalue weighted by Crippen LogP contribution is -2.41. The predicted molar refractivity (Wildman–Crippen MR) is 79.6 cm³/mol. The van der Waals surface area contributed by atoms with Gasteiger partial charge in [-0.1, -0.05) is 35.7 Å². The lowest BCUT2D eigenvalue weighted by molar-refractivity contribution is -0.000747. The summed E-state index contributed by atoms with van der Waals surface area (Å²) < 4.78 is 0.989. The molecule has 1 aromatic carbocycles. The molecule has 4 heteroatoms. The van der Waals surface area contributed by atoms with Gasteiger partial charge in [0.25, 0.3) is 0 Å². The van der Waals surface area contributed by atoms with Crippen molar-refractivity contribution in [2.75, 3.05) is 17.6 Å². The topological polar surface area (TPSA) is 58.3 Å². The summed E-state index contributed by atoms with van der Waals surface area (Å²) in [5, 5.41) is 13.8. The van der Waals surface area contributed by atoms with Gasteiger partial charge in [-0.25, -0.2) is 0 Å². The lowest BCUT2D eigenvalue weighted by atomic mass is 9.79. The van der Waals surface area contributed by atoms with E-state index in [9.17, 15) is 5.11 Å². The summed E-state index contributed by atoms with van der Waals surface area (Å²) >= 11 is 3.43. The number of rotatable bonds is 3. The largest absolute Gasteiger partial charge is 0.397 e. The maximum absolute atomic E-state index is 10.5. The van der Waals surface area contributed by atoms with Gasteiger partial charge in [-0.05, 0) is 37.0 Å². The number of nitrogens with one attached hydrogen (secondary N) is 1. The fraction of sp³-hybridized carbons (Fsp3) is 0.571. The standard InChI is InChI=1S/C14H21BrN2O/c1-10-3-2-6-14(18,8-10)9-17-13-7-11(15)4-5-12(13)16/h4-5,7,10,17-18H,2-3,6,8-9,16H2,1H3. The second-order valence-corrected chi connectivity index (χ2v) is 6.43. The maximum Gasteiger partial charge on any atom is 0.0821 e. The Hall–Kier alpha value is -0.740. The van der Waals surface area contributed by atoms with Gasteiger partial charge in [-0.2, -0.15) is 0 Å². The minimum absolute atomic E-state index is 0.567. The van der Waals surface area contributed by atoms with Crippen LogP contribution in [0.2, 0.25) is 0 Å². The molecule has 0 radical (unpaired) electrons. The molecule has 0 aliphatic heterocycles. The van der Waals surface area contributed by atoms with Crippen LogP contribution in [0.15, 0.2) is 22.7 Å². The number of halogens is 1. The summed E-state index contributed by atoms with van der Waals surface area (Å²) in [7, 11) is 0. The average Bonchev–Trinajstić information content (AvgIpc) is 2.30. The van der Waals surface area contributed by atoms with Gasteiger partial charge in [0.15, 0.2) is 0 Å². The van der Waals surface area contributed by atoms with Crippen molar-refractivity contribution in [1.29, 1.82) is 0 Å². The van der Waals surface area contributed by atoms with Crippen LogP contribution >= 0.6 is 15.9 Å². The highest BCUT2D eigenvalue weighted by Crippen LogP contribution is 2.33. The van der Waals surface area contributed by atoms with Crippen LogP contribution in [0.25, 0.3) is 0 Å². The Morgan fingerprint density at radius 3 is 3.06 bits per heavy atom. The minimum atomic E-state index is -0.591. The molecule has 0 spiro atoms. The molecule has 2 unspecified atom stereocenters. The molecule has 1 saturated carbocycles. The lowest BCUT2D eigenvalue weighted by Gasteiger charge is -2.36. The van der Waals surface area contributed by atoms with Gasteiger partial charge < -0.3 is 16.2 Å². The summed E-state index contributed by atoms with van der Waals surface area (Å²) in [6.45, 7) is 2.77. The van der Waals surface area contributed by atoms with Gasteiger partial charge >= 0.3 is 0 Å². The first-order valence-electron chi connectivity index (χ1n) is 6.50. The summed E-state index contributed by atoms with van der Waals surface area (Å²) in [5.41, 5.74) is 6.92. The quantitative estimate of drug-likeness (QED) is 0.750. The fourth-order valence-corrected chi connectivity index (χ4v) is 3.10. The van der Waals surface area contributed by atoms with Crippen LogP contribution in [0.3, 0.4) is 0 Å². The highest BCUT2D eigenvalue weighted by molar-refractivity contribution is 9.10. The molecule has 2 rings (SSSR count). The number of nitrogens with two attached hydrogens (primary N) is 1. The average molecular weight is 313 g/mol. The van der Waals surface area contributed by atoms with Crippen molar-refractivity contribution in [1.82, 2.24) is 0 Å². The molecule has 0 bridgehead atoms. The highest BCUT2D eigenvalue weighted by atomic mass is 79.9. The smallest absolute Gasteiger partial charge is 0.0821 e. The number of aliphatic hydroxyl groups is 1. The molecule has 0 amide bonds. The van der Waals surface area contributed by atoms with Crippen LogP contribution in [0.4, 0.5) is 11.4 Å². The van der Waals surface area contributed by atoms with Crippen molar-refractivity contribution in [2.45, 2.75) is 38.2 Å². The van der Waals surface area contributed by atoms with Crippen molar-refractivity contribution in [3.63, 3.8) is 0 Å². The van der Waals surface area contributed by atoms with Gasteiger partial charge in [-0.3, -0.25) is 0 Å². The van der Waals surface area contributed by atoms with Crippen molar-refractivity contribution in [3.8, 4) is 0 Å². The fourth-order valence-electron chi connectivity index (χ4n) is 2.73. The Morgan fingerprint density at radius 1 is 1.56 bits per heavy atom. The van der Waals surface area contributed by atoms with E-state index < -0.39 is 5.60 Å². The van der Waals surface area contributed by atoms with Crippen LogP contribution in [-0.2, 0) is 0 Å². The first-order chi connectivity index (χ1) is 8.48. The zero-order chi connectivity index (χ0) is 13.2. The predicted octanol–water partition coefficient (Wildman–Crippen LogP) is 3.38. The van der Waals surface area contributed by atoms with Gasteiger partial charge in [0.2, 0.25) is 0 Å². The number of nitrogen functional groups attached to an aromatic ring is 1. The third-order valence-electron chi connectivity index (χ3n) is 3.69. The summed E-state index contributed by atoms with van der Waals surface area (Å²) in [6.07, 6.45) is 4.07. The molecular weight excluding hydrogens is 292 g/mol. The molecule has 18 heavy (non-hydrogen) atoms. The van der Waals surface area contributed by atoms with Gasteiger partial charge in [0.05, 0.1) is 17.0 Å². The van der Waals surface area contributed by atoms with E-state index in [0.29, 0.717) is 18.2 Å². The van der Waals surface area contributed by atoms with E-state index in [1.165, 1.54) is 6.42 Å². The van der Waals surface area contributed by atoms with E-state index in [1.54, 1.807) is 0 Å². The molecule has 0 aromatic heterocycles. The Morgan fingerprint density at radius 2 is 2.33 bits per heavy atom. The molecule has 3 nitrogen and oxygen atoms in total. The molecule has 100 valence electrons. The molecule has 1 aliphatic rings. The molecule has 1 aromatic rings. The molecule has 2 atom stereocenters. The Bertz CT molecular complexity index is 424. The number of hydrogen-bond acceptors (Lipinski definition) is 3. The number of benzene rings is 1. The molecule has 0 heterocycles. The zero-order valence-electron chi connectivity index (χ0n) is 10.7. The Labute approximate surface area is 117 Å². The molecule has 1 fully saturated rings. The first-order valence-corrected chi connectivity index (χ1v) is 7.29. The van der Waals surface area contributed by atoms with E-state index in [4.69, 9.17) is 5.73 Å². The van der Waals surface area contributed by atoms with Crippen LogP contribution in [0.1, 0.15) is 32.6 Å². The SMILES string of the molecule is CC1CCCC(O)(CNc2cc(Br)ccc2N)C1. The van der Waals surface area contributed by atoms with Gasteiger partial charge in [0.1, 0.15) is 0 Å². The third kappa shape index (κ3) is 3.39. The van der Waals surface area contributed by atoms with Crippen LogP contribution in [0, 0.1) is 5.92 Å². The highest BCUT2D eigenvalue weighted by Gasteiger charge is 2.32. The summed E-state index contributed by atoms with van der Waals surface area (Å²) in [6, 6.07) is 5.73. The molecule has 0 saturated heterocycles. The maximum atomic E-state index is 10.5. The van der Waals surface area contributed by atoms with E-state index in [2.05, 4.69) is 28.2 Å². The normalized spacial score (nSPS) is 28.1. The van der Waals surface area contributed by atoms with E-state index in [0.717, 1.165) is 29.4 Å². The second kappa shape index (κ2) is 5.49. The molecule has 4 N–H and O–H groups in total. The summed E-state index contributed by atoms with van der Waals surface area (Å²) in [5.74, 6) is 0.602. The van der Waals surface area contributed by atoms with E-state index in [-0.39, 0.29) is 0 Å². The van der Waals surface area contributed by atoms with Crippen molar-refractivity contribution in [2.24, 2.45) is 5.92 Å². The monoisotopic (exact) mass is 312 g/mol. The van der Waals surface area contributed by atoms with Crippen LogP contribution in [0.5, 0.6) is 0 Å². The Kier molecular flexibility index (Phi) is 4.17. The van der Waals surface area contributed by atoms with Crippen molar-refractivity contribution >= 4 is 27.3 Å². The van der Waals surface area contributed by atoms with Crippen molar-refractivity contribution in [3.05, 3.63) is 22.7 Å². The van der Waals surface area contributed by atoms with Gasteiger partial charge in [0, 0.05) is 11.0 Å². The van der Waals surface area contributed by atoms with Crippen LogP contribution in [-0.4, -0.2) is 17.3 Å². The zero-order valence-corrected chi connectivity index (χ0v) is 12.3. The van der Waals surface area contributed by atoms with Crippen molar-refractivity contribution < 1.29 is 5.11 Å². The summed E-state index contributed by atoms with van der Waals surface area (Å²) in [4.78, 5) is 0. The Balaban J connectivity index is 2.00. The van der Waals surface area contributed by atoms with E-state index >= 15 is 0 Å². The number of hydrogen-bond donors (Lipinski definition) is 3.